The maximum Gasteiger partial charge on any atom is 0.416 e. The molecule has 0 unspecified atom stereocenters. The molecule has 0 amide bonds. The number of rotatable bonds is 6. The Balaban J connectivity index is 1.46. The fraction of sp³-hybridized carbons (Fsp3) is 0.0741. The summed E-state index contributed by atoms with van der Waals surface area (Å²) < 4.78 is 45.9. The van der Waals surface area contributed by atoms with Crippen molar-refractivity contribution in [3.05, 3.63) is 117 Å². The van der Waals surface area contributed by atoms with Gasteiger partial charge in [-0.25, -0.2) is 0 Å². The number of benzene rings is 3. The Labute approximate surface area is 218 Å². The van der Waals surface area contributed by atoms with E-state index >= 15 is 0 Å². The topological polar surface area (TPSA) is 95.9 Å². The van der Waals surface area contributed by atoms with Gasteiger partial charge >= 0.3 is 6.18 Å². The van der Waals surface area contributed by atoms with E-state index in [0.29, 0.717) is 34.0 Å². The third-order valence-electron chi connectivity index (χ3n) is 5.84. The molecular weight excluding hydrogens is 517 g/mol. The number of aromatic hydroxyl groups is 1. The summed E-state index contributed by atoms with van der Waals surface area (Å²) in [4.78, 5) is 15.3. The molecule has 11 heteroatoms. The van der Waals surface area contributed by atoms with E-state index in [1.807, 2.05) is 30.3 Å². The lowest BCUT2D eigenvalue weighted by Gasteiger charge is -2.14. The molecule has 0 radical (unpaired) electrons. The summed E-state index contributed by atoms with van der Waals surface area (Å²) in [5, 5.41) is 17.8. The number of ether oxygens (including phenoxy) is 1. The van der Waals surface area contributed by atoms with Gasteiger partial charge in [-0.05, 0) is 66.3 Å². The van der Waals surface area contributed by atoms with Crippen LogP contribution in [0.4, 0.5) is 13.2 Å². The number of para-hydroxylation sites is 1. The number of H-pyrrole nitrogens is 2. The van der Waals surface area contributed by atoms with Crippen LogP contribution in [0, 0.1) is 4.77 Å². The molecule has 2 heterocycles. The van der Waals surface area contributed by atoms with Crippen molar-refractivity contribution >= 4 is 12.2 Å². The Morgan fingerprint density at radius 3 is 2.26 bits per heavy atom. The van der Waals surface area contributed by atoms with E-state index in [0.717, 1.165) is 12.1 Å². The van der Waals surface area contributed by atoms with Crippen LogP contribution < -0.4 is 10.3 Å². The fourth-order valence-corrected chi connectivity index (χ4v) is 4.24. The Bertz CT molecular complexity index is 1690. The van der Waals surface area contributed by atoms with Crippen molar-refractivity contribution in [1.29, 1.82) is 0 Å². The van der Waals surface area contributed by atoms with Crippen LogP contribution in [0.3, 0.4) is 0 Å². The molecule has 0 saturated carbocycles. The molecule has 0 bridgehead atoms. The second-order valence-corrected chi connectivity index (χ2v) is 8.71. The largest absolute Gasteiger partial charge is 0.494 e. The van der Waals surface area contributed by atoms with Gasteiger partial charge in [-0.3, -0.25) is 19.4 Å². The minimum Gasteiger partial charge on any atom is -0.494 e. The molecule has 7 nitrogen and oxygen atoms in total. The molecule has 3 N–H and O–H groups in total. The van der Waals surface area contributed by atoms with Gasteiger partial charge in [0.25, 0.3) is 5.56 Å². The van der Waals surface area contributed by atoms with Crippen molar-refractivity contribution in [2.75, 3.05) is 0 Å². The maximum atomic E-state index is 12.9. The van der Waals surface area contributed by atoms with E-state index in [1.54, 1.807) is 24.3 Å². The molecule has 5 aromatic rings. The van der Waals surface area contributed by atoms with Gasteiger partial charge in [-0.1, -0.05) is 30.3 Å². The first-order valence-electron chi connectivity index (χ1n) is 11.3. The van der Waals surface area contributed by atoms with Crippen molar-refractivity contribution in [2.24, 2.45) is 0 Å². The first-order valence-corrected chi connectivity index (χ1v) is 11.7. The predicted molar refractivity (Wildman–Crippen MR) is 137 cm³/mol. The second kappa shape index (κ2) is 10.0. The van der Waals surface area contributed by atoms with Gasteiger partial charge in [0.1, 0.15) is 11.5 Å². The lowest BCUT2D eigenvalue weighted by Crippen LogP contribution is -2.18. The van der Waals surface area contributed by atoms with Crippen molar-refractivity contribution < 1.29 is 23.0 Å². The van der Waals surface area contributed by atoms with Crippen LogP contribution in [0.25, 0.3) is 16.9 Å². The summed E-state index contributed by atoms with van der Waals surface area (Å²) in [6.45, 7) is 0. The maximum absolute atomic E-state index is 12.9. The summed E-state index contributed by atoms with van der Waals surface area (Å²) >= 11 is 5.30. The number of nitrogens with zero attached hydrogens (tertiary/aromatic N) is 2. The zero-order valence-corrected chi connectivity index (χ0v) is 20.3. The second-order valence-electron chi connectivity index (χ2n) is 8.33. The minimum atomic E-state index is -4.46. The molecule has 0 aliphatic rings. The molecule has 0 spiro atoms. The molecule has 5 rings (SSSR count). The van der Waals surface area contributed by atoms with Crippen LogP contribution in [0.15, 0.2) is 89.9 Å². The normalized spacial score (nSPS) is 11.4. The fourth-order valence-electron chi connectivity index (χ4n) is 3.96. The monoisotopic (exact) mass is 536 g/mol. The van der Waals surface area contributed by atoms with Gasteiger partial charge in [-0.2, -0.15) is 18.3 Å². The SMILES string of the molecule is O=c1[nH]c(=S)n(-c2ccc(Oc3ccccc3)cc2)c(O)c1Cc1cn[nH]c1-c1ccc(C(F)(F)F)cc1. The summed E-state index contributed by atoms with van der Waals surface area (Å²) in [6, 6.07) is 20.6. The molecule has 0 aliphatic heterocycles. The van der Waals surface area contributed by atoms with E-state index in [2.05, 4.69) is 15.2 Å². The molecule has 192 valence electrons. The number of alkyl halides is 3. The molecule has 2 aromatic heterocycles. The van der Waals surface area contributed by atoms with E-state index in [1.165, 1.54) is 22.9 Å². The van der Waals surface area contributed by atoms with Gasteiger partial charge in [0.05, 0.1) is 28.7 Å². The quantitative estimate of drug-likeness (QED) is 0.219. The Kier molecular flexibility index (Phi) is 6.60. The highest BCUT2D eigenvalue weighted by Gasteiger charge is 2.30. The Morgan fingerprint density at radius 2 is 1.61 bits per heavy atom. The summed E-state index contributed by atoms with van der Waals surface area (Å²) in [5.74, 6) is 0.861. The molecule has 0 saturated heterocycles. The minimum absolute atomic E-state index is 0.0110. The summed E-state index contributed by atoms with van der Waals surface area (Å²) in [7, 11) is 0. The highest BCUT2D eigenvalue weighted by Crippen LogP contribution is 2.32. The van der Waals surface area contributed by atoms with E-state index in [9.17, 15) is 23.1 Å². The smallest absolute Gasteiger partial charge is 0.416 e. The number of hydrogen-bond acceptors (Lipinski definition) is 5. The Hall–Kier alpha value is -4.64. The van der Waals surface area contributed by atoms with Crippen LogP contribution in [-0.4, -0.2) is 24.9 Å². The average Bonchev–Trinajstić information content (AvgIpc) is 3.36. The van der Waals surface area contributed by atoms with Gasteiger partial charge in [0.2, 0.25) is 5.88 Å². The number of halogens is 3. The average molecular weight is 537 g/mol. The highest BCUT2D eigenvalue weighted by molar-refractivity contribution is 7.71. The van der Waals surface area contributed by atoms with Crippen molar-refractivity contribution in [3.63, 3.8) is 0 Å². The zero-order chi connectivity index (χ0) is 26.9. The van der Waals surface area contributed by atoms with Gasteiger partial charge in [0, 0.05) is 12.0 Å². The van der Waals surface area contributed by atoms with Crippen molar-refractivity contribution in [1.82, 2.24) is 19.7 Å². The summed E-state index contributed by atoms with van der Waals surface area (Å²) in [5.41, 5.74) is 0.502. The Morgan fingerprint density at radius 1 is 0.947 bits per heavy atom. The lowest BCUT2D eigenvalue weighted by atomic mass is 10.0. The zero-order valence-electron chi connectivity index (χ0n) is 19.5. The molecule has 0 fully saturated rings. The van der Waals surface area contributed by atoms with Crippen molar-refractivity contribution in [3.8, 4) is 34.3 Å². The number of hydrogen-bond donors (Lipinski definition) is 3. The number of aromatic amines is 2. The molecule has 3 aromatic carbocycles. The van der Waals surface area contributed by atoms with Crippen molar-refractivity contribution in [2.45, 2.75) is 12.6 Å². The number of nitrogens with one attached hydrogen (secondary N) is 2. The first-order chi connectivity index (χ1) is 18.2. The van der Waals surface area contributed by atoms with Gasteiger partial charge in [0.15, 0.2) is 4.77 Å². The van der Waals surface area contributed by atoms with Crippen LogP contribution >= 0.6 is 12.2 Å². The standard InChI is InChI=1S/C27H19F3N4O3S/c28-27(29,30)18-8-6-16(7-9-18)23-17(15-31-33-23)14-22-24(35)32-26(38)34(25(22)36)19-10-12-21(13-11-19)37-20-4-2-1-3-5-20/h1-13,15,36H,14H2,(H,31,33)(H,32,35,38). The highest BCUT2D eigenvalue weighted by atomic mass is 32.1. The van der Waals surface area contributed by atoms with E-state index in [4.69, 9.17) is 17.0 Å². The van der Waals surface area contributed by atoms with Gasteiger partial charge in [-0.15, -0.1) is 0 Å². The van der Waals surface area contributed by atoms with Crippen LogP contribution in [0.1, 0.15) is 16.7 Å². The van der Waals surface area contributed by atoms with E-state index in [-0.39, 0.29) is 22.6 Å². The summed E-state index contributed by atoms with van der Waals surface area (Å²) in [6.07, 6.45) is -3.06. The molecule has 0 atom stereocenters. The van der Waals surface area contributed by atoms with Gasteiger partial charge < -0.3 is 9.84 Å². The molecule has 38 heavy (non-hydrogen) atoms. The van der Waals surface area contributed by atoms with Crippen LogP contribution in [0.2, 0.25) is 0 Å². The van der Waals surface area contributed by atoms with Crippen LogP contribution in [0.5, 0.6) is 17.4 Å². The van der Waals surface area contributed by atoms with E-state index < -0.39 is 17.3 Å². The van der Waals surface area contributed by atoms with Crippen LogP contribution in [-0.2, 0) is 12.6 Å². The first kappa shape index (κ1) is 25.0. The molecular formula is C27H19F3N4O3S. The predicted octanol–water partition coefficient (Wildman–Crippen LogP) is 6.39. The third-order valence-corrected chi connectivity index (χ3v) is 6.12. The number of aromatic nitrogens is 4. The third kappa shape index (κ3) is 5.09. The lowest BCUT2D eigenvalue weighted by molar-refractivity contribution is -0.137. The molecule has 0 aliphatic carbocycles.